The Morgan fingerprint density at radius 1 is 1.45 bits per heavy atom. The molecule has 1 amide bonds. The van der Waals surface area contributed by atoms with E-state index in [2.05, 4.69) is 0 Å². The third kappa shape index (κ3) is 2.67. The van der Waals surface area contributed by atoms with Crippen LogP contribution in [0.4, 0.5) is 5.69 Å². The maximum atomic E-state index is 12.4. The molecular formula is C15H20N2O3. The van der Waals surface area contributed by atoms with E-state index in [0.29, 0.717) is 25.1 Å². The van der Waals surface area contributed by atoms with Crippen LogP contribution in [0.2, 0.25) is 0 Å². The minimum atomic E-state index is -0.950. The van der Waals surface area contributed by atoms with Crippen LogP contribution in [0.25, 0.3) is 0 Å². The van der Waals surface area contributed by atoms with Crippen molar-refractivity contribution in [1.82, 2.24) is 0 Å². The highest BCUT2D eigenvalue weighted by Gasteiger charge is 2.28. The molecule has 0 radical (unpaired) electrons. The summed E-state index contributed by atoms with van der Waals surface area (Å²) in [6.07, 6.45) is 2.94. The molecule has 5 heteroatoms. The fourth-order valence-electron chi connectivity index (χ4n) is 2.69. The molecule has 0 saturated heterocycles. The summed E-state index contributed by atoms with van der Waals surface area (Å²) in [6, 6.07) is 4.55. The number of hydrogen-bond acceptors (Lipinski definition) is 3. The predicted octanol–water partition coefficient (Wildman–Crippen LogP) is 1.79. The lowest BCUT2D eigenvalue weighted by Gasteiger charge is -2.32. The molecule has 1 aromatic rings. The molecule has 1 aliphatic heterocycles. The Morgan fingerprint density at radius 3 is 2.85 bits per heavy atom. The van der Waals surface area contributed by atoms with E-state index >= 15 is 0 Å². The first-order valence-corrected chi connectivity index (χ1v) is 6.98. The number of carbonyl (C=O) groups is 2. The summed E-state index contributed by atoms with van der Waals surface area (Å²) >= 11 is 0. The molecule has 0 saturated carbocycles. The van der Waals surface area contributed by atoms with Gasteiger partial charge in [-0.05, 0) is 37.0 Å². The Balaban J connectivity index is 2.36. The lowest BCUT2D eigenvalue weighted by molar-refractivity contribution is -0.120. The normalized spacial score (nSPS) is 15.6. The maximum absolute atomic E-state index is 12.4. The van der Waals surface area contributed by atoms with E-state index < -0.39 is 12.0 Å². The summed E-state index contributed by atoms with van der Waals surface area (Å²) in [5.74, 6) is -1.07. The lowest BCUT2D eigenvalue weighted by atomic mass is 9.95. The SMILES string of the molecule is CCC[C@H](N)C(=O)N1CCCc2c(C(=O)O)cccc21. The molecular weight excluding hydrogens is 256 g/mol. The molecule has 1 aliphatic rings. The molecule has 20 heavy (non-hydrogen) atoms. The molecule has 1 heterocycles. The van der Waals surface area contributed by atoms with Gasteiger partial charge in [-0.3, -0.25) is 4.79 Å². The van der Waals surface area contributed by atoms with Crippen molar-refractivity contribution in [2.45, 2.75) is 38.6 Å². The van der Waals surface area contributed by atoms with Crippen LogP contribution in [-0.2, 0) is 11.2 Å². The summed E-state index contributed by atoms with van der Waals surface area (Å²) in [4.78, 5) is 25.3. The van der Waals surface area contributed by atoms with E-state index in [1.165, 1.54) is 0 Å². The van der Waals surface area contributed by atoms with Gasteiger partial charge in [0.2, 0.25) is 5.91 Å². The van der Waals surface area contributed by atoms with Crippen LogP contribution < -0.4 is 10.6 Å². The molecule has 108 valence electrons. The van der Waals surface area contributed by atoms with E-state index in [-0.39, 0.29) is 11.5 Å². The van der Waals surface area contributed by atoms with Crippen LogP contribution in [0, 0.1) is 0 Å². The van der Waals surface area contributed by atoms with Gasteiger partial charge in [0.1, 0.15) is 0 Å². The third-order valence-electron chi connectivity index (χ3n) is 3.66. The molecule has 1 atom stereocenters. The fraction of sp³-hybridized carbons (Fsp3) is 0.467. The zero-order valence-electron chi connectivity index (χ0n) is 11.6. The zero-order chi connectivity index (χ0) is 14.7. The van der Waals surface area contributed by atoms with Gasteiger partial charge in [-0.15, -0.1) is 0 Å². The van der Waals surface area contributed by atoms with Crippen molar-refractivity contribution in [2.24, 2.45) is 5.73 Å². The van der Waals surface area contributed by atoms with Crippen LogP contribution in [0.3, 0.4) is 0 Å². The van der Waals surface area contributed by atoms with Crippen molar-refractivity contribution in [3.8, 4) is 0 Å². The first kappa shape index (κ1) is 14.5. The minimum Gasteiger partial charge on any atom is -0.478 e. The molecule has 0 spiro atoms. The number of fused-ring (bicyclic) bond motifs is 1. The van der Waals surface area contributed by atoms with E-state index in [1.807, 2.05) is 6.92 Å². The standard InChI is InChI=1S/C15H20N2O3/c1-2-5-12(16)14(18)17-9-4-7-10-11(15(19)20)6-3-8-13(10)17/h3,6,8,12H,2,4-5,7,9,16H2,1H3,(H,19,20)/t12-/m0/s1. The van der Waals surface area contributed by atoms with Crippen molar-refractivity contribution in [1.29, 1.82) is 0 Å². The van der Waals surface area contributed by atoms with Crippen LogP contribution in [0.15, 0.2) is 18.2 Å². The Kier molecular flexibility index (Phi) is 4.39. The number of rotatable bonds is 4. The average molecular weight is 276 g/mol. The predicted molar refractivity (Wildman–Crippen MR) is 77.0 cm³/mol. The molecule has 0 aliphatic carbocycles. The third-order valence-corrected chi connectivity index (χ3v) is 3.66. The maximum Gasteiger partial charge on any atom is 0.336 e. The summed E-state index contributed by atoms with van der Waals surface area (Å²) in [7, 11) is 0. The number of carboxylic acids is 1. The van der Waals surface area contributed by atoms with Crippen LogP contribution in [-0.4, -0.2) is 29.6 Å². The second kappa shape index (κ2) is 6.05. The number of benzene rings is 1. The highest BCUT2D eigenvalue weighted by molar-refractivity contribution is 6.00. The quantitative estimate of drug-likeness (QED) is 0.878. The van der Waals surface area contributed by atoms with Crippen molar-refractivity contribution < 1.29 is 14.7 Å². The monoisotopic (exact) mass is 276 g/mol. The molecule has 1 aromatic carbocycles. The van der Waals surface area contributed by atoms with Gasteiger partial charge in [0.05, 0.1) is 11.6 Å². The Hall–Kier alpha value is -1.88. The van der Waals surface area contributed by atoms with Crippen LogP contribution in [0.5, 0.6) is 0 Å². The second-order valence-corrected chi connectivity index (χ2v) is 5.10. The van der Waals surface area contributed by atoms with Crippen molar-refractivity contribution in [3.63, 3.8) is 0 Å². The van der Waals surface area contributed by atoms with E-state index in [1.54, 1.807) is 23.1 Å². The number of carboxylic acid groups (broad SMARTS) is 1. The smallest absolute Gasteiger partial charge is 0.336 e. The number of carbonyl (C=O) groups excluding carboxylic acids is 1. The lowest BCUT2D eigenvalue weighted by Crippen LogP contribution is -2.46. The van der Waals surface area contributed by atoms with E-state index in [0.717, 1.165) is 18.4 Å². The zero-order valence-corrected chi connectivity index (χ0v) is 11.6. The van der Waals surface area contributed by atoms with Crippen LogP contribution in [0.1, 0.15) is 42.1 Å². The average Bonchev–Trinajstić information content (AvgIpc) is 2.45. The number of amides is 1. The van der Waals surface area contributed by atoms with E-state index in [4.69, 9.17) is 5.73 Å². The molecule has 5 nitrogen and oxygen atoms in total. The Labute approximate surface area is 118 Å². The molecule has 3 N–H and O–H groups in total. The van der Waals surface area contributed by atoms with Gasteiger partial charge in [-0.1, -0.05) is 19.4 Å². The highest BCUT2D eigenvalue weighted by atomic mass is 16.4. The van der Waals surface area contributed by atoms with Gasteiger partial charge in [-0.25, -0.2) is 4.79 Å². The van der Waals surface area contributed by atoms with Gasteiger partial charge in [-0.2, -0.15) is 0 Å². The molecule has 0 aromatic heterocycles. The summed E-state index contributed by atoms with van der Waals surface area (Å²) < 4.78 is 0. The topological polar surface area (TPSA) is 83.6 Å². The Morgan fingerprint density at radius 2 is 2.20 bits per heavy atom. The van der Waals surface area contributed by atoms with Crippen LogP contribution >= 0.6 is 0 Å². The van der Waals surface area contributed by atoms with Gasteiger partial charge >= 0.3 is 5.97 Å². The molecule has 0 unspecified atom stereocenters. The number of hydrogen-bond donors (Lipinski definition) is 2. The summed E-state index contributed by atoms with van der Waals surface area (Å²) in [5, 5.41) is 9.23. The fourth-order valence-corrected chi connectivity index (χ4v) is 2.69. The highest BCUT2D eigenvalue weighted by Crippen LogP contribution is 2.30. The molecule has 0 fully saturated rings. The summed E-state index contributed by atoms with van der Waals surface area (Å²) in [5.41, 5.74) is 7.63. The van der Waals surface area contributed by atoms with Gasteiger partial charge in [0.25, 0.3) is 0 Å². The minimum absolute atomic E-state index is 0.115. The summed E-state index contributed by atoms with van der Waals surface area (Å²) in [6.45, 7) is 2.59. The van der Waals surface area contributed by atoms with Gasteiger partial charge in [0, 0.05) is 12.2 Å². The van der Waals surface area contributed by atoms with Crippen molar-refractivity contribution >= 4 is 17.6 Å². The Bertz CT molecular complexity index is 528. The number of anilines is 1. The van der Waals surface area contributed by atoms with E-state index in [9.17, 15) is 14.7 Å². The number of nitrogens with zero attached hydrogens (tertiary/aromatic N) is 1. The van der Waals surface area contributed by atoms with Crippen molar-refractivity contribution in [3.05, 3.63) is 29.3 Å². The second-order valence-electron chi connectivity index (χ2n) is 5.10. The molecule has 0 bridgehead atoms. The van der Waals surface area contributed by atoms with Gasteiger partial charge in [0.15, 0.2) is 0 Å². The molecule has 2 rings (SSSR count). The number of nitrogens with two attached hydrogens (primary N) is 1. The first-order chi connectivity index (χ1) is 9.56. The first-order valence-electron chi connectivity index (χ1n) is 6.98. The number of aromatic carboxylic acids is 1. The largest absolute Gasteiger partial charge is 0.478 e. The van der Waals surface area contributed by atoms with Gasteiger partial charge < -0.3 is 15.7 Å². The van der Waals surface area contributed by atoms with Crippen molar-refractivity contribution in [2.75, 3.05) is 11.4 Å².